The fourth-order valence-electron chi connectivity index (χ4n) is 2.34. The molecule has 1 aliphatic rings. The van der Waals surface area contributed by atoms with Gasteiger partial charge in [-0.1, -0.05) is 12.1 Å². The lowest BCUT2D eigenvalue weighted by molar-refractivity contribution is -0.143. The lowest BCUT2D eigenvalue weighted by Crippen LogP contribution is -2.50. The maximum absolute atomic E-state index is 13.0. The average Bonchev–Trinajstić information content (AvgIpc) is 2.39. The summed E-state index contributed by atoms with van der Waals surface area (Å²) in [6.07, 6.45) is 1.09. The van der Waals surface area contributed by atoms with E-state index < -0.39 is 0 Å². The molecule has 0 bridgehead atoms. The highest BCUT2D eigenvalue weighted by Gasteiger charge is 2.26. The Bertz CT molecular complexity index is 450. The highest BCUT2D eigenvalue weighted by atomic mass is 19.1. The molecule has 1 heterocycles. The number of carbonyl (C=O) groups is 1. The Morgan fingerprint density at radius 3 is 3.00 bits per heavy atom. The van der Waals surface area contributed by atoms with Crippen molar-refractivity contribution in [2.45, 2.75) is 38.8 Å². The van der Waals surface area contributed by atoms with E-state index in [2.05, 4.69) is 0 Å². The first kappa shape index (κ1) is 14.0. The summed E-state index contributed by atoms with van der Waals surface area (Å²) in [4.78, 5) is 14.1. The Kier molecular flexibility index (Phi) is 4.53. The minimum absolute atomic E-state index is 0.0920. The molecule has 0 radical (unpaired) electrons. The van der Waals surface area contributed by atoms with Crippen molar-refractivity contribution in [3.8, 4) is 0 Å². The molecule has 1 amide bonds. The van der Waals surface area contributed by atoms with E-state index in [9.17, 15) is 9.18 Å². The fraction of sp³-hybridized carbons (Fsp3) is 0.533. The van der Waals surface area contributed by atoms with Crippen molar-refractivity contribution < 1.29 is 13.9 Å². The van der Waals surface area contributed by atoms with Crippen LogP contribution in [0.2, 0.25) is 0 Å². The summed E-state index contributed by atoms with van der Waals surface area (Å²) < 4.78 is 18.6. The summed E-state index contributed by atoms with van der Waals surface area (Å²) in [6.45, 7) is 5.20. The van der Waals surface area contributed by atoms with Gasteiger partial charge in [0.2, 0.25) is 5.91 Å². The van der Waals surface area contributed by atoms with Crippen LogP contribution >= 0.6 is 0 Å². The first-order chi connectivity index (χ1) is 9.06. The minimum atomic E-state index is -0.252. The number of benzene rings is 1. The number of amides is 1. The van der Waals surface area contributed by atoms with Gasteiger partial charge in [-0.05, 0) is 38.0 Å². The van der Waals surface area contributed by atoms with E-state index in [0.29, 0.717) is 26.0 Å². The molecule has 1 aromatic carbocycles. The third-order valence-electron chi connectivity index (χ3n) is 3.44. The molecule has 2 rings (SSSR count). The molecule has 19 heavy (non-hydrogen) atoms. The molecule has 0 spiro atoms. The third kappa shape index (κ3) is 3.77. The van der Waals surface area contributed by atoms with Crippen LogP contribution in [0, 0.1) is 5.82 Å². The number of rotatable bonds is 3. The van der Waals surface area contributed by atoms with Crippen LogP contribution in [0.5, 0.6) is 0 Å². The Balaban J connectivity index is 1.90. The third-order valence-corrected chi connectivity index (χ3v) is 3.44. The molecule has 0 aliphatic carbocycles. The highest BCUT2D eigenvalue weighted by molar-refractivity contribution is 5.77. The van der Waals surface area contributed by atoms with Gasteiger partial charge in [-0.25, -0.2) is 4.39 Å². The minimum Gasteiger partial charge on any atom is -0.375 e. The Morgan fingerprint density at radius 1 is 1.47 bits per heavy atom. The Labute approximate surface area is 113 Å². The highest BCUT2D eigenvalue weighted by Crippen LogP contribution is 2.14. The number of nitrogens with zero attached hydrogens (tertiary/aromatic N) is 1. The Morgan fingerprint density at radius 2 is 2.26 bits per heavy atom. The molecular formula is C15H20FNO2. The molecule has 1 aromatic rings. The largest absolute Gasteiger partial charge is 0.375 e. The van der Waals surface area contributed by atoms with Gasteiger partial charge in [0.05, 0.1) is 18.8 Å². The number of hydrogen-bond acceptors (Lipinski definition) is 2. The number of halogens is 1. The van der Waals surface area contributed by atoms with Crippen molar-refractivity contribution in [3.05, 3.63) is 35.6 Å². The number of morpholine rings is 1. The molecule has 0 aromatic heterocycles. The molecule has 1 fully saturated rings. The lowest BCUT2D eigenvalue weighted by atomic mass is 10.1. The standard InChI is InChI=1S/C15H20FNO2/c1-11-10-19-12(2)9-17(11)15(18)7-6-13-4-3-5-14(16)8-13/h3-5,8,11-12H,6-7,9-10H2,1-2H3. The van der Waals surface area contributed by atoms with Crippen LogP contribution in [0.25, 0.3) is 0 Å². The normalized spacial score (nSPS) is 23.4. The van der Waals surface area contributed by atoms with Gasteiger partial charge >= 0.3 is 0 Å². The molecule has 2 unspecified atom stereocenters. The maximum Gasteiger partial charge on any atom is 0.223 e. The molecule has 104 valence electrons. The van der Waals surface area contributed by atoms with E-state index in [1.165, 1.54) is 12.1 Å². The Hall–Kier alpha value is -1.42. The molecule has 0 saturated carbocycles. The topological polar surface area (TPSA) is 29.5 Å². The zero-order valence-electron chi connectivity index (χ0n) is 11.4. The quantitative estimate of drug-likeness (QED) is 0.840. The van der Waals surface area contributed by atoms with Crippen molar-refractivity contribution in [1.29, 1.82) is 0 Å². The van der Waals surface area contributed by atoms with Crippen molar-refractivity contribution in [2.24, 2.45) is 0 Å². The van der Waals surface area contributed by atoms with E-state index in [1.807, 2.05) is 24.8 Å². The average molecular weight is 265 g/mol. The molecule has 2 atom stereocenters. The van der Waals surface area contributed by atoms with E-state index in [4.69, 9.17) is 4.74 Å². The summed E-state index contributed by atoms with van der Waals surface area (Å²) in [5.74, 6) is -0.134. The number of aryl methyl sites for hydroxylation is 1. The number of ether oxygens (including phenoxy) is 1. The van der Waals surface area contributed by atoms with Crippen LogP contribution in [0.1, 0.15) is 25.8 Å². The SMILES string of the molecule is CC1CN(C(=O)CCc2cccc(F)c2)C(C)CO1. The second-order valence-corrected chi connectivity index (χ2v) is 5.17. The van der Waals surface area contributed by atoms with E-state index >= 15 is 0 Å². The van der Waals surface area contributed by atoms with Gasteiger partial charge in [0.25, 0.3) is 0 Å². The van der Waals surface area contributed by atoms with Gasteiger partial charge in [-0.15, -0.1) is 0 Å². The second-order valence-electron chi connectivity index (χ2n) is 5.17. The summed E-state index contributed by atoms with van der Waals surface area (Å²) in [6, 6.07) is 6.54. The van der Waals surface area contributed by atoms with Crippen LogP contribution in [-0.2, 0) is 16.0 Å². The van der Waals surface area contributed by atoms with Gasteiger partial charge in [0.15, 0.2) is 0 Å². The van der Waals surface area contributed by atoms with Crippen molar-refractivity contribution >= 4 is 5.91 Å². The predicted octanol–water partition coefficient (Wildman–Crippen LogP) is 2.39. The zero-order valence-corrected chi connectivity index (χ0v) is 11.4. The summed E-state index contributed by atoms with van der Waals surface area (Å²) >= 11 is 0. The molecular weight excluding hydrogens is 245 g/mol. The van der Waals surface area contributed by atoms with Gasteiger partial charge < -0.3 is 9.64 Å². The van der Waals surface area contributed by atoms with Crippen molar-refractivity contribution in [1.82, 2.24) is 4.90 Å². The molecule has 4 heteroatoms. The first-order valence-corrected chi connectivity index (χ1v) is 6.72. The smallest absolute Gasteiger partial charge is 0.223 e. The van der Waals surface area contributed by atoms with E-state index in [1.54, 1.807) is 6.07 Å². The van der Waals surface area contributed by atoms with Gasteiger partial charge in [-0.2, -0.15) is 0 Å². The van der Waals surface area contributed by atoms with Crippen molar-refractivity contribution in [3.63, 3.8) is 0 Å². The molecule has 3 nitrogen and oxygen atoms in total. The molecule has 1 saturated heterocycles. The van der Waals surface area contributed by atoms with Crippen LogP contribution in [-0.4, -0.2) is 36.1 Å². The van der Waals surface area contributed by atoms with Crippen LogP contribution in [0.15, 0.2) is 24.3 Å². The predicted molar refractivity (Wildman–Crippen MR) is 71.3 cm³/mol. The monoisotopic (exact) mass is 265 g/mol. The fourth-order valence-corrected chi connectivity index (χ4v) is 2.34. The second kappa shape index (κ2) is 6.15. The van der Waals surface area contributed by atoms with E-state index in [-0.39, 0.29) is 23.9 Å². The van der Waals surface area contributed by atoms with Gasteiger partial charge in [-0.3, -0.25) is 4.79 Å². The van der Waals surface area contributed by atoms with Crippen LogP contribution in [0.3, 0.4) is 0 Å². The van der Waals surface area contributed by atoms with Crippen LogP contribution < -0.4 is 0 Å². The van der Waals surface area contributed by atoms with Crippen LogP contribution in [0.4, 0.5) is 4.39 Å². The number of carbonyl (C=O) groups excluding carboxylic acids is 1. The molecule has 0 N–H and O–H groups in total. The van der Waals surface area contributed by atoms with E-state index in [0.717, 1.165) is 5.56 Å². The number of hydrogen-bond donors (Lipinski definition) is 0. The first-order valence-electron chi connectivity index (χ1n) is 6.72. The zero-order chi connectivity index (χ0) is 13.8. The molecule has 1 aliphatic heterocycles. The lowest BCUT2D eigenvalue weighted by Gasteiger charge is -2.36. The van der Waals surface area contributed by atoms with Gasteiger partial charge in [0.1, 0.15) is 5.82 Å². The van der Waals surface area contributed by atoms with Gasteiger partial charge in [0, 0.05) is 13.0 Å². The summed E-state index contributed by atoms with van der Waals surface area (Å²) in [5, 5.41) is 0. The summed E-state index contributed by atoms with van der Waals surface area (Å²) in [7, 11) is 0. The van der Waals surface area contributed by atoms with Crippen molar-refractivity contribution in [2.75, 3.05) is 13.2 Å². The summed E-state index contributed by atoms with van der Waals surface area (Å²) in [5.41, 5.74) is 0.863. The maximum atomic E-state index is 13.0.